The van der Waals surface area contributed by atoms with E-state index in [-0.39, 0.29) is 0 Å². The monoisotopic (exact) mass is 440 g/mol. The number of hydrogen-bond donors (Lipinski definition) is 0. The number of nitrogens with zero attached hydrogens (tertiary/aromatic N) is 6. The largest absolute Gasteiger partial charge is 0.119 e. The molecule has 1 aliphatic carbocycles. The van der Waals surface area contributed by atoms with Crippen LogP contribution in [0.15, 0.2) is 132 Å². The van der Waals surface area contributed by atoms with Gasteiger partial charge >= 0.3 is 0 Å². The molecule has 4 aromatic carbocycles. The second-order valence-electron chi connectivity index (χ2n) is 8.01. The van der Waals surface area contributed by atoms with Crippen molar-refractivity contribution in [2.75, 3.05) is 0 Å². The van der Waals surface area contributed by atoms with Gasteiger partial charge in [0.1, 0.15) is 11.1 Å². The molecular weight excluding hydrogens is 420 g/mol. The molecule has 0 fully saturated rings. The molecule has 2 atom stereocenters. The van der Waals surface area contributed by atoms with E-state index in [4.69, 9.17) is 0 Å². The van der Waals surface area contributed by atoms with Crippen molar-refractivity contribution < 1.29 is 0 Å². The second-order valence-corrected chi connectivity index (χ2v) is 8.01. The number of azide groups is 2. The van der Waals surface area contributed by atoms with Crippen LogP contribution in [0.1, 0.15) is 22.3 Å². The lowest BCUT2D eigenvalue weighted by Gasteiger charge is -2.58. The molecule has 0 saturated heterocycles. The highest BCUT2D eigenvalue weighted by Crippen LogP contribution is 2.70. The lowest BCUT2D eigenvalue weighted by Crippen LogP contribution is -2.56. The third-order valence-corrected chi connectivity index (χ3v) is 6.39. The summed E-state index contributed by atoms with van der Waals surface area (Å²) in [5.74, 6) is 0. The van der Waals surface area contributed by atoms with Crippen LogP contribution >= 0.6 is 0 Å². The topological polar surface area (TPSA) is 97.5 Å². The molecule has 0 aromatic heterocycles. The van der Waals surface area contributed by atoms with Crippen LogP contribution in [0.2, 0.25) is 0 Å². The molecule has 1 aliphatic rings. The van der Waals surface area contributed by atoms with Gasteiger partial charge in [-0.2, -0.15) is 0 Å². The van der Waals surface area contributed by atoms with E-state index in [1.54, 1.807) is 0 Å². The Labute approximate surface area is 197 Å². The molecule has 0 amide bonds. The van der Waals surface area contributed by atoms with E-state index >= 15 is 0 Å². The zero-order chi connectivity index (χ0) is 23.4. The molecule has 5 rings (SSSR count). The molecule has 162 valence electrons. The van der Waals surface area contributed by atoms with Crippen molar-refractivity contribution in [1.82, 2.24) is 0 Å². The van der Waals surface area contributed by atoms with Gasteiger partial charge in [0.2, 0.25) is 0 Å². The predicted molar refractivity (Wildman–Crippen MR) is 134 cm³/mol. The van der Waals surface area contributed by atoms with Crippen molar-refractivity contribution in [2.45, 2.75) is 11.1 Å². The van der Waals surface area contributed by atoms with Gasteiger partial charge in [0.05, 0.1) is 0 Å². The van der Waals surface area contributed by atoms with Crippen LogP contribution in [-0.4, -0.2) is 0 Å². The van der Waals surface area contributed by atoms with Crippen molar-refractivity contribution in [3.8, 4) is 0 Å². The first-order valence-electron chi connectivity index (χ1n) is 10.9. The molecule has 6 nitrogen and oxygen atoms in total. The normalized spacial score (nSPS) is 21.1. The van der Waals surface area contributed by atoms with E-state index in [2.05, 4.69) is 20.1 Å². The standard InChI is InChI=1S/C28H20N6/c29-33-31-27(23-17-9-3-10-18-23)25(21-13-5-1-6-14-21)26(22-15-7-2-8-16-22)28(27,32-34-30)24-19-11-4-12-20-24/h1-20H. The zero-order valence-electron chi connectivity index (χ0n) is 18.2. The highest BCUT2D eigenvalue weighted by atomic mass is 15.3. The fraction of sp³-hybridized carbons (Fsp3) is 0.0714. The highest BCUT2D eigenvalue weighted by molar-refractivity contribution is 6.09. The van der Waals surface area contributed by atoms with Crippen LogP contribution in [-0.2, 0) is 11.1 Å². The van der Waals surface area contributed by atoms with E-state index in [1.165, 1.54) is 0 Å². The molecule has 0 N–H and O–H groups in total. The van der Waals surface area contributed by atoms with E-state index in [9.17, 15) is 11.1 Å². The molecule has 6 heteroatoms. The fourth-order valence-corrected chi connectivity index (χ4v) is 5.14. The van der Waals surface area contributed by atoms with Gasteiger partial charge in [0, 0.05) is 9.82 Å². The Morgan fingerprint density at radius 1 is 0.441 bits per heavy atom. The predicted octanol–water partition coefficient (Wildman–Crippen LogP) is 8.02. The summed E-state index contributed by atoms with van der Waals surface area (Å²) in [5.41, 5.74) is 22.1. The number of hydrogen-bond acceptors (Lipinski definition) is 2. The Morgan fingerprint density at radius 2 is 0.735 bits per heavy atom. The summed E-state index contributed by atoms with van der Waals surface area (Å²) >= 11 is 0. The number of rotatable bonds is 6. The average Bonchev–Trinajstić information content (AvgIpc) is 2.91. The lowest BCUT2D eigenvalue weighted by molar-refractivity contribution is 0.338. The van der Waals surface area contributed by atoms with Crippen molar-refractivity contribution >= 4 is 11.1 Å². The fourth-order valence-electron chi connectivity index (χ4n) is 5.14. The third-order valence-electron chi connectivity index (χ3n) is 6.39. The Kier molecular flexibility index (Phi) is 5.36. The minimum atomic E-state index is -1.30. The molecule has 0 saturated carbocycles. The first-order chi connectivity index (χ1) is 16.8. The van der Waals surface area contributed by atoms with Gasteiger partial charge in [-0.1, -0.05) is 132 Å². The molecule has 4 aromatic rings. The van der Waals surface area contributed by atoms with E-state index in [1.807, 2.05) is 121 Å². The van der Waals surface area contributed by atoms with Gasteiger partial charge in [-0.3, -0.25) is 0 Å². The maximum absolute atomic E-state index is 9.90. The Bertz CT molecular complexity index is 1330. The summed E-state index contributed by atoms with van der Waals surface area (Å²) in [6.45, 7) is 0. The first kappa shape index (κ1) is 21.1. The lowest BCUT2D eigenvalue weighted by atomic mass is 9.49. The Balaban J connectivity index is 2.04. The maximum Gasteiger partial charge on any atom is 0.119 e. The van der Waals surface area contributed by atoms with E-state index in [0.717, 1.165) is 33.4 Å². The summed E-state index contributed by atoms with van der Waals surface area (Å²) in [6, 6.07) is 38.8. The second kappa shape index (κ2) is 8.64. The van der Waals surface area contributed by atoms with Crippen LogP contribution in [0.25, 0.3) is 32.0 Å². The van der Waals surface area contributed by atoms with Crippen LogP contribution < -0.4 is 0 Å². The molecular formula is C28H20N6. The Morgan fingerprint density at radius 3 is 1.03 bits per heavy atom. The van der Waals surface area contributed by atoms with Crippen LogP contribution in [0.3, 0.4) is 0 Å². The average molecular weight is 441 g/mol. The molecule has 0 radical (unpaired) electrons. The minimum absolute atomic E-state index is 0.752. The smallest absolute Gasteiger partial charge is 0.0763 e. The zero-order valence-corrected chi connectivity index (χ0v) is 18.2. The summed E-state index contributed by atoms with van der Waals surface area (Å²) in [7, 11) is 0. The maximum atomic E-state index is 9.90. The first-order valence-corrected chi connectivity index (χ1v) is 10.9. The van der Waals surface area contributed by atoms with E-state index < -0.39 is 11.1 Å². The van der Waals surface area contributed by atoms with Gasteiger partial charge in [-0.25, -0.2) is 0 Å². The van der Waals surface area contributed by atoms with Crippen molar-refractivity contribution in [3.63, 3.8) is 0 Å². The van der Waals surface area contributed by atoms with Gasteiger partial charge < -0.3 is 0 Å². The Hall–Kier alpha value is -4.76. The summed E-state index contributed by atoms with van der Waals surface area (Å²) in [4.78, 5) is 6.64. The van der Waals surface area contributed by atoms with Gasteiger partial charge in [0.15, 0.2) is 0 Å². The van der Waals surface area contributed by atoms with Gasteiger partial charge in [-0.15, -0.1) is 0 Å². The summed E-state index contributed by atoms with van der Waals surface area (Å²) < 4.78 is 0. The van der Waals surface area contributed by atoms with Gasteiger partial charge in [-0.05, 0) is 44.5 Å². The highest BCUT2D eigenvalue weighted by Gasteiger charge is 2.66. The van der Waals surface area contributed by atoms with Crippen LogP contribution in [0.4, 0.5) is 0 Å². The third kappa shape index (κ3) is 2.91. The summed E-state index contributed by atoms with van der Waals surface area (Å²) in [6.07, 6.45) is 0. The quantitative estimate of drug-likeness (QED) is 0.165. The van der Waals surface area contributed by atoms with Crippen molar-refractivity contribution in [3.05, 3.63) is 164 Å². The van der Waals surface area contributed by atoms with Crippen LogP contribution in [0, 0.1) is 0 Å². The van der Waals surface area contributed by atoms with Crippen LogP contribution in [0.5, 0.6) is 0 Å². The number of benzene rings is 4. The van der Waals surface area contributed by atoms with E-state index in [0.29, 0.717) is 0 Å². The minimum Gasteiger partial charge on any atom is -0.0763 e. The molecule has 34 heavy (non-hydrogen) atoms. The van der Waals surface area contributed by atoms with Crippen molar-refractivity contribution in [1.29, 1.82) is 0 Å². The van der Waals surface area contributed by atoms with Crippen molar-refractivity contribution in [2.24, 2.45) is 10.2 Å². The summed E-state index contributed by atoms with van der Waals surface area (Å²) in [5, 5.41) is 8.94. The molecule has 0 heterocycles. The molecule has 0 bridgehead atoms. The van der Waals surface area contributed by atoms with Gasteiger partial charge in [0.25, 0.3) is 0 Å². The SMILES string of the molecule is [N-]=[N+]=NC1(c2ccccc2)C(c2ccccc2)=C(c2ccccc2)C1(N=[N+]=[N-])c1ccccc1. The molecule has 0 spiro atoms. The molecule has 2 unspecified atom stereocenters. The molecule has 0 aliphatic heterocycles.